The van der Waals surface area contributed by atoms with Gasteiger partial charge in [-0.2, -0.15) is 5.10 Å². The maximum Gasteiger partial charge on any atom is 0.230 e. The molecule has 0 fully saturated rings. The number of benzene rings is 1. The number of nitrogens with one attached hydrogen (secondary N) is 1. The lowest BCUT2D eigenvalue weighted by Gasteiger charge is -2.24. The van der Waals surface area contributed by atoms with E-state index in [9.17, 15) is 4.79 Å². The summed E-state index contributed by atoms with van der Waals surface area (Å²) < 4.78 is 3.83. The molecule has 2 aromatic heterocycles. The molecule has 28 heavy (non-hydrogen) atoms. The molecule has 0 saturated carbocycles. The largest absolute Gasteiger partial charge is 0.348 e. The summed E-state index contributed by atoms with van der Waals surface area (Å²) in [4.78, 5) is 12.5. The molecule has 1 amide bonds. The topological polar surface area (TPSA) is 77.6 Å². The molecule has 0 unspecified atom stereocenters. The maximum absolute atomic E-state index is 12.5. The first-order chi connectivity index (χ1) is 13.5. The molecule has 1 aromatic carbocycles. The van der Waals surface area contributed by atoms with Crippen molar-refractivity contribution in [3.63, 3.8) is 0 Å². The highest BCUT2D eigenvalue weighted by atomic mass is 32.2. The first kappa shape index (κ1) is 18.7. The van der Waals surface area contributed by atoms with Crippen molar-refractivity contribution in [2.75, 3.05) is 5.75 Å². The van der Waals surface area contributed by atoms with Crippen LogP contribution in [0.1, 0.15) is 41.3 Å². The predicted octanol–water partition coefficient (Wildman–Crippen LogP) is 2.90. The van der Waals surface area contributed by atoms with Crippen LogP contribution >= 0.6 is 11.8 Å². The fourth-order valence-corrected chi connectivity index (χ4v) is 4.26. The van der Waals surface area contributed by atoms with E-state index in [1.165, 1.54) is 28.6 Å². The minimum atomic E-state index is 0.00443. The number of rotatable bonds is 5. The Labute approximate surface area is 168 Å². The van der Waals surface area contributed by atoms with Crippen LogP contribution in [-0.4, -0.2) is 36.2 Å². The van der Waals surface area contributed by atoms with Gasteiger partial charge in [0.05, 0.1) is 23.7 Å². The van der Waals surface area contributed by atoms with Gasteiger partial charge >= 0.3 is 0 Å². The smallest absolute Gasteiger partial charge is 0.230 e. The summed E-state index contributed by atoms with van der Waals surface area (Å²) in [6.45, 7) is 4.23. The average molecular weight is 397 g/mol. The zero-order valence-corrected chi connectivity index (χ0v) is 17.2. The Morgan fingerprint density at radius 1 is 1.32 bits per heavy atom. The number of nitrogens with zero attached hydrogens (tertiary/aromatic N) is 5. The van der Waals surface area contributed by atoms with Crippen molar-refractivity contribution in [3.8, 4) is 5.69 Å². The Morgan fingerprint density at radius 3 is 2.93 bits per heavy atom. The molecule has 4 rings (SSSR count). The van der Waals surface area contributed by atoms with Crippen LogP contribution in [0.4, 0.5) is 0 Å². The van der Waals surface area contributed by atoms with Gasteiger partial charge in [0.2, 0.25) is 5.91 Å². The lowest BCUT2D eigenvalue weighted by Crippen LogP contribution is -2.32. The maximum atomic E-state index is 12.5. The van der Waals surface area contributed by atoms with E-state index >= 15 is 0 Å². The van der Waals surface area contributed by atoms with Crippen LogP contribution in [0.5, 0.6) is 0 Å². The number of thioether (sulfide) groups is 1. The molecule has 3 aromatic rings. The summed E-state index contributed by atoms with van der Waals surface area (Å²) in [6.07, 6.45) is 6.48. The standard InChI is InChI=1S/C20H24N6OS/c1-13-7-8-15(9-14(13)2)26-18-6-4-5-17(16(18)10-22-26)23-19(27)11-28-20-24-21-12-25(20)3/h7-10,12,17H,4-6,11H2,1-3H3,(H,23,27)/t17-/m0/s1. The Kier molecular flexibility index (Phi) is 5.21. The molecule has 7 nitrogen and oxygen atoms in total. The van der Waals surface area contributed by atoms with Gasteiger partial charge in [-0.1, -0.05) is 17.8 Å². The monoisotopic (exact) mass is 396 g/mol. The van der Waals surface area contributed by atoms with Crippen molar-refractivity contribution >= 4 is 17.7 Å². The first-order valence-electron chi connectivity index (χ1n) is 9.43. The van der Waals surface area contributed by atoms with Crippen LogP contribution in [0.3, 0.4) is 0 Å². The van der Waals surface area contributed by atoms with Gasteiger partial charge in [-0.05, 0) is 56.4 Å². The predicted molar refractivity (Wildman–Crippen MR) is 109 cm³/mol. The Morgan fingerprint density at radius 2 is 2.18 bits per heavy atom. The number of hydrogen-bond donors (Lipinski definition) is 1. The summed E-state index contributed by atoms with van der Waals surface area (Å²) >= 11 is 1.39. The van der Waals surface area contributed by atoms with Gasteiger partial charge in [-0.15, -0.1) is 10.2 Å². The van der Waals surface area contributed by atoms with Crippen molar-refractivity contribution in [1.82, 2.24) is 29.9 Å². The highest BCUT2D eigenvalue weighted by Crippen LogP contribution is 2.31. The molecule has 0 spiro atoms. The number of aromatic nitrogens is 5. The second-order valence-electron chi connectivity index (χ2n) is 7.25. The summed E-state index contributed by atoms with van der Waals surface area (Å²) in [6, 6.07) is 6.42. The fourth-order valence-electron chi connectivity index (χ4n) is 3.56. The minimum Gasteiger partial charge on any atom is -0.348 e. The van der Waals surface area contributed by atoms with Crippen molar-refractivity contribution in [1.29, 1.82) is 0 Å². The molecule has 0 saturated heterocycles. The second kappa shape index (κ2) is 7.79. The van der Waals surface area contributed by atoms with Gasteiger partial charge in [0.1, 0.15) is 6.33 Å². The van der Waals surface area contributed by atoms with Crippen molar-refractivity contribution in [2.24, 2.45) is 7.05 Å². The number of carbonyl (C=O) groups excluding carboxylic acids is 1. The first-order valence-corrected chi connectivity index (χ1v) is 10.4. The normalized spacial score (nSPS) is 16.0. The lowest BCUT2D eigenvalue weighted by atomic mass is 9.93. The summed E-state index contributed by atoms with van der Waals surface area (Å²) in [7, 11) is 1.87. The van der Waals surface area contributed by atoms with Gasteiger partial charge in [0.25, 0.3) is 0 Å². The molecule has 1 aliphatic rings. The van der Waals surface area contributed by atoms with Crippen LogP contribution < -0.4 is 5.32 Å². The van der Waals surface area contributed by atoms with E-state index in [4.69, 9.17) is 0 Å². The number of amides is 1. The molecule has 1 atom stereocenters. The Hall–Kier alpha value is -2.61. The van der Waals surface area contributed by atoms with E-state index in [-0.39, 0.29) is 11.9 Å². The molecule has 0 radical (unpaired) electrons. The van der Waals surface area contributed by atoms with Gasteiger partial charge in [0, 0.05) is 18.3 Å². The summed E-state index contributed by atoms with van der Waals surface area (Å²) in [5.74, 6) is 0.328. The second-order valence-corrected chi connectivity index (χ2v) is 8.19. The van der Waals surface area contributed by atoms with E-state index < -0.39 is 0 Å². The van der Waals surface area contributed by atoms with Gasteiger partial charge in [-0.25, -0.2) is 4.68 Å². The van der Waals surface area contributed by atoms with E-state index in [2.05, 4.69) is 52.7 Å². The molecular weight excluding hydrogens is 372 g/mol. The van der Waals surface area contributed by atoms with Crippen LogP contribution in [0.15, 0.2) is 35.9 Å². The minimum absolute atomic E-state index is 0.00443. The molecule has 0 bridgehead atoms. The van der Waals surface area contributed by atoms with Crippen molar-refractivity contribution in [3.05, 3.63) is 53.1 Å². The van der Waals surface area contributed by atoms with Crippen molar-refractivity contribution < 1.29 is 4.79 Å². The molecule has 146 valence electrons. The zero-order chi connectivity index (χ0) is 19.7. The SMILES string of the molecule is Cc1ccc(-n2ncc3c2CCC[C@@H]3NC(=O)CSc2nncn2C)cc1C. The van der Waals surface area contributed by atoms with E-state index in [0.717, 1.165) is 35.7 Å². The fraction of sp³-hybridized carbons (Fsp3) is 0.400. The Bertz CT molecular complexity index is 1010. The molecule has 1 N–H and O–H groups in total. The zero-order valence-electron chi connectivity index (χ0n) is 16.3. The quantitative estimate of drug-likeness (QED) is 0.671. The lowest BCUT2D eigenvalue weighted by molar-refractivity contribution is -0.119. The Balaban J connectivity index is 1.48. The van der Waals surface area contributed by atoms with Gasteiger partial charge < -0.3 is 9.88 Å². The van der Waals surface area contributed by atoms with Gasteiger partial charge in [0.15, 0.2) is 5.16 Å². The number of aryl methyl sites for hydroxylation is 3. The van der Waals surface area contributed by atoms with E-state index in [0.29, 0.717) is 5.75 Å². The molecular formula is C20H24N6OS. The van der Waals surface area contributed by atoms with Crippen LogP contribution in [-0.2, 0) is 18.3 Å². The third kappa shape index (κ3) is 3.69. The van der Waals surface area contributed by atoms with Crippen LogP contribution in [0, 0.1) is 13.8 Å². The van der Waals surface area contributed by atoms with Gasteiger partial charge in [-0.3, -0.25) is 4.79 Å². The third-order valence-electron chi connectivity index (χ3n) is 5.26. The van der Waals surface area contributed by atoms with Crippen molar-refractivity contribution in [2.45, 2.75) is 44.3 Å². The summed E-state index contributed by atoms with van der Waals surface area (Å²) in [5, 5.41) is 16.4. The third-order valence-corrected chi connectivity index (χ3v) is 6.29. The molecule has 0 aliphatic heterocycles. The molecule has 8 heteroatoms. The van der Waals surface area contributed by atoms with Crippen LogP contribution in [0.2, 0.25) is 0 Å². The number of carbonyl (C=O) groups is 1. The van der Waals surface area contributed by atoms with E-state index in [1.54, 1.807) is 6.33 Å². The molecule has 1 aliphatic carbocycles. The molecule has 2 heterocycles. The number of fused-ring (bicyclic) bond motifs is 1. The highest BCUT2D eigenvalue weighted by molar-refractivity contribution is 7.99. The average Bonchev–Trinajstić information content (AvgIpc) is 3.29. The highest BCUT2D eigenvalue weighted by Gasteiger charge is 2.26. The van der Waals surface area contributed by atoms with Crippen LogP contribution in [0.25, 0.3) is 5.69 Å². The number of hydrogen-bond acceptors (Lipinski definition) is 5. The van der Waals surface area contributed by atoms with E-state index in [1.807, 2.05) is 22.5 Å². The summed E-state index contributed by atoms with van der Waals surface area (Å²) in [5.41, 5.74) is 5.93.